The number of ether oxygens (including phenoxy) is 2. The second kappa shape index (κ2) is 5.38. The molecule has 0 aromatic heterocycles. The first-order valence-corrected chi connectivity index (χ1v) is 6.79. The maximum Gasteiger partial charge on any atom is 0.341 e. The van der Waals surface area contributed by atoms with Gasteiger partial charge >= 0.3 is 5.97 Å². The molecular weight excluding hydrogens is 216 g/mol. The first-order chi connectivity index (χ1) is 7.92. The van der Waals surface area contributed by atoms with Crippen molar-refractivity contribution in [2.24, 2.45) is 5.92 Å². The average molecular weight is 242 g/mol. The second-order valence-corrected chi connectivity index (χ2v) is 5.56. The Kier molecular flexibility index (Phi) is 4.59. The highest BCUT2D eigenvalue weighted by Gasteiger charge is 2.71. The molecule has 0 spiro atoms. The van der Waals surface area contributed by atoms with E-state index in [2.05, 4.69) is 20.8 Å². The van der Waals surface area contributed by atoms with E-state index in [9.17, 15) is 4.79 Å². The number of hydrogen-bond donors (Lipinski definition) is 0. The molecule has 0 saturated carbocycles. The molecule has 1 rings (SSSR count). The van der Waals surface area contributed by atoms with Crippen LogP contribution in [0.4, 0.5) is 0 Å². The van der Waals surface area contributed by atoms with Crippen LogP contribution < -0.4 is 0 Å². The van der Waals surface area contributed by atoms with Crippen molar-refractivity contribution in [2.75, 3.05) is 6.61 Å². The van der Waals surface area contributed by atoms with E-state index in [0.29, 0.717) is 12.5 Å². The molecule has 0 aliphatic carbocycles. The van der Waals surface area contributed by atoms with E-state index in [-0.39, 0.29) is 11.6 Å². The Hall–Kier alpha value is -0.570. The predicted octanol–water partition coefficient (Wildman–Crippen LogP) is 3.31. The van der Waals surface area contributed by atoms with E-state index < -0.39 is 5.60 Å². The zero-order chi connectivity index (χ0) is 13.1. The van der Waals surface area contributed by atoms with Gasteiger partial charge in [-0.15, -0.1) is 0 Å². The number of carbonyl (C=O) groups excluding carboxylic acids is 1. The lowest BCUT2D eigenvalue weighted by Crippen LogP contribution is -2.34. The minimum Gasteiger partial charge on any atom is -0.464 e. The third kappa shape index (κ3) is 2.82. The van der Waals surface area contributed by atoms with Crippen LogP contribution in [0.15, 0.2) is 0 Å². The molecule has 0 amide bonds. The normalized spacial score (nSPS) is 31.6. The van der Waals surface area contributed by atoms with Crippen LogP contribution >= 0.6 is 0 Å². The molecule has 0 aromatic rings. The van der Waals surface area contributed by atoms with Gasteiger partial charge in [0.2, 0.25) is 0 Å². The van der Waals surface area contributed by atoms with Gasteiger partial charge in [0, 0.05) is 0 Å². The maximum atomic E-state index is 12.0. The Morgan fingerprint density at radius 2 is 1.94 bits per heavy atom. The molecule has 1 saturated heterocycles. The van der Waals surface area contributed by atoms with Crippen LogP contribution in [-0.2, 0) is 14.3 Å². The zero-order valence-electron chi connectivity index (χ0n) is 11.8. The number of esters is 1. The molecule has 100 valence electrons. The van der Waals surface area contributed by atoms with Gasteiger partial charge in [0.25, 0.3) is 0 Å². The van der Waals surface area contributed by atoms with E-state index in [1.807, 2.05) is 13.8 Å². The molecule has 1 aliphatic rings. The Morgan fingerprint density at radius 3 is 2.41 bits per heavy atom. The van der Waals surface area contributed by atoms with Crippen molar-refractivity contribution in [3.8, 4) is 0 Å². The topological polar surface area (TPSA) is 38.8 Å². The van der Waals surface area contributed by atoms with E-state index in [1.54, 1.807) is 0 Å². The highest BCUT2D eigenvalue weighted by molar-refractivity contribution is 5.84. The summed E-state index contributed by atoms with van der Waals surface area (Å²) in [4.78, 5) is 12.0. The van der Waals surface area contributed by atoms with Crippen LogP contribution in [0.1, 0.15) is 60.3 Å². The lowest BCUT2D eigenvalue weighted by molar-refractivity contribution is -0.149. The third-order valence-electron chi connectivity index (χ3n) is 3.62. The van der Waals surface area contributed by atoms with Gasteiger partial charge in [-0.1, -0.05) is 27.2 Å². The fraction of sp³-hybridized carbons (Fsp3) is 0.929. The lowest BCUT2D eigenvalue weighted by Gasteiger charge is -2.16. The summed E-state index contributed by atoms with van der Waals surface area (Å²) in [5.41, 5.74) is -0.966. The van der Waals surface area contributed by atoms with Crippen molar-refractivity contribution >= 4 is 5.97 Å². The summed E-state index contributed by atoms with van der Waals surface area (Å²) in [7, 11) is 0. The number of rotatable bonds is 7. The molecule has 3 heteroatoms. The molecule has 17 heavy (non-hydrogen) atoms. The predicted molar refractivity (Wildman–Crippen MR) is 67.8 cm³/mol. The van der Waals surface area contributed by atoms with Crippen molar-refractivity contribution in [1.82, 2.24) is 0 Å². The van der Waals surface area contributed by atoms with Gasteiger partial charge in [0.1, 0.15) is 5.60 Å². The van der Waals surface area contributed by atoms with Crippen LogP contribution in [0.3, 0.4) is 0 Å². The number of carbonyl (C=O) groups is 1. The van der Waals surface area contributed by atoms with Crippen LogP contribution in [0, 0.1) is 5.92 Å². The third-order valence-corrected chi connectivity index (χ3v) is 3.62. The molecule has 1 heterocycles. The molecule has 2 unspecified atom stereocenters. The quantitative estimate of drug-likeness (QED) is 0.508. The van der Waals surface area contributed by atoms with E-state index in [1.165, 1.54) is 0 Å². The molecule has 1 fully saturated rings. The molecule has 1 aliphatic heterocycles. The first kappa shape index (κ1) is 14.5. The second-order valence-electron chi connectivity index (χ2n) is 5.56. The monoisotopic (exact) mass is 242 g/mol. The van der Waals surface area contributed by atoms with Crippen molar-refractivity contribution < 1.29 is 14.3 Å². The number of hydrogen-bond acceptors (Lipinski definition) is 3. The van der Waals surface area contributed by atoms with Gasteiger partial charge in [0.05, 0.1) is 6.61 Å². The van der Waals surface area contributed by atoms with Crippen LogP contribution in [0.25, 0.3) is 0 Å². The fourth-order valence-corrected chi connectivity index (χ4v) is 2.45. The van der Waals surface area contributed by atoms with Gasteiger partial charge < -0.3 is 9.47 Å². The Morgan fingerprint density at radius 1 is 1.29 bits per heavy atom. The molecule has 2 atom stereocenters. The summed E-state index contributed by atoms with van der Waals surface area (Å²) >= 11 is 0. The largest absolute Gasteiger partial charge is 0.464 e. The standard InChI is InChI=1S/C14H26O3/c1-6-9-14(12(15)16-7-2)13(5,17-14)10-8-11(3)4/h11H,6-10H2,1-5H3. The summed E-state index contributed by atoms with van der Waals surface area (Å²) < 4.78 is 11.0. The summed E-state index contributed by atoms with van der Waals surface area (Å²) in [6, 6.07) is 0. The van der Waals surface area contributed by atoms with Gasteiger partial charge in [-0.3, -0.25) is 0 Å². The van der Waals surface area contributed by atoms with Gasteiger partial charge in [0.15, 0.2) is 5.60 Å². The highest BCUT2D eigenvalue weighted by atomic mass is 16.7. The van der Waals surface area contributed by atoms with Gasteiger partial charge in [-0.05, 0) is 39.0 Å². The van der Waals surface area contributed by atoms with Crippen molar-refractivity contribution in [3.63, 3.8) is 0 Å². The maximum absolute atomic E-state index is 12.0. The van der Waals surface area contributed by atoms with Crippen molar-refractivity contribution in [1.29, 1.82) is 0 Å². The minimum absolute atomic E-state index is 0.173. The van der Waals surface area contributed by atoms with Crippen molar-refractivity contribution in [3.05, 3.63) is 0 Å². The first-order valence-electron chi connectivity index (χ1n) is 6.79. The van der Waals surface area contributed by atoms with Crippen LogP contribution in [0.2, 0.25) is 0 Å². The number of epoxide rings is 1. The molecular formula is C14H26O3. The smallest absolute Gasteiger partial charge is 0.341 e. The molecule has 0 N–H and O–H groups in total. The van der Waals surface area contributed by atoms with E-state index in [4.69, 9.17) is 9.47 Å². The summed E-state index contributed by atoms with van der Waals surface area (Å²) in [5.74, 6) is 0.464. The Labute approximate surface area is 105 Å². The zero-order valence-corrected chi connectivity index (χ0v) is 11.8. The molecule has 0 bridgehead atoms. The summed E-state index contributed by atoms with van der Waals surface area (Å²) in [6.45, 7) is 10.8. The lowest BCUT2D eigenvalue weighted by atomic mass is 9.85. The van der Waals surface area contributed by atoms with E-state index >= 15 is 0 Å². The molecule has 3 nitrogen and oxygen atoms in total. The van der Waals surface area contributed by atoms with Crippen LogP contribution in [0.5, 0.6) is 0 Å². The Balaban J connectivity index is 2.67. The molecule has 0 aromatic carbocycles. The SMILES string of the molecule is CCCC1(C(=O)OCC)OC1(C)CCC(C)C. The molecule has 0 radical (unpaired) electrons. The summed E-state index contributed by atoms with van der Waals surface area (Å²) in [5, 5.41) is 0. The van der Waals surface area contributed by atoms with Crippen molar-refractivity contribution in [2.45, 2.75) is 71.5 Å². The Bertz CT molecular complexity index is 275. The minimum atomic E-state index is -0.660. The fourth-order valence-electron chi connectivity index (χ4n) is 2.45. The van der Waals surface area contributed by atoms with Crippen LogP contribution in [-0.4, -0.2) is 23.8 Å². The van der Waals surface area contributed by atoms with E-state index in [0.717, 1.165) is 25.7 Å². The average Bonchev–Trinajstić information content (AvgIpc) is 2.84. The summed E-state index contributed by atoms with van der Waals surface area (Å²) in [6.07, 6.45) is 3.72. The van der Waals surface area contributed by atoms with Gasteiger partial charge in [-0.2, -0.15) is 0 Å². The van der Waals surface area contributed by atoms with Gasteiger partial charge in [-0.25, -0.2) is 4.79 Å². The highest BCUT2D eigenvalue weighted by Crippen LogP contribution is 2.54.